The number of hydrogen-bond acceptors (Lipinski definition) is 3. The van der Waals surface area contributed by atoms with Crippen LogP contribution in [0.15, 0.2) is 18.2 Å². The molecule has 0 radical (unpaired) electrons. The molecule has 1 amide bonds. The molecule has 1 aromatic rings. The second-order valence-electron chi connectivity index (χ2n) is 4.91. The lowest BCUT2D eigenvalue weighted by atomic mass is 10.1. The summed E-state index contributed by atoms with van der Waals surface area (Å²) < 4.78 is 50.5. The van der Waals surface area contributed by atoms with Gasteiger partial charge in [-0.1, -0.05) is 6.07 Å². The third kappa shape index (κ3) is 5.33. The number of hydrogen-bond donors (Lipinski definition) is 1. The normalized spacial score (nSPS) is 13.0. The first-order valence-electron chi connectivity index (χ1n) is 6.39. The molecule has 0 aliphatic carbocycles. The molecule has 0 saturated carbocycles. The maximum absolute atomic E-state index is 13.8. The van der Waals surface area contributed by atoms with E-state index in [1.54, 1.807) is 6.07 Å². The van der Waals surface area contributed by atoms with E-state index in [0.29, 0.717) is 0 Å². The van der Waals surface area contributed by atoms with Gasteiger partial charge in [-0.15, -0.1) is 0 Å². The van der Waals surface area contributed by atoms with E-state index in [0.717, 1.165) is 6.07 Å². The molecule has 120 valence electrons. The molecule has 1 rings (SSSR count). The standard InChI is InChI=1S/C14H15F4N3O/c1-21(12(13(20)22)4-5-14(16,17)18)8-10-3-2-9(7-19)6-11(10)15/h2-3,6,12H,4-5,8H2,1H3,(H2,20,22)/t12-/m1/s1. The molecule has 0 aromatic heterocycles. The van der Waals surface area contributed by atoms with Gasteiger partial charge in [-0.25, -0.2) is 4.39 Å². The van der Waals surface area contributed by atoms with Crippen LogP contribution in [0.1, 0.15) is 24.0 Å². The van der Waals surface area contributed by atoms with Crippen LogP contribution in [-0.2, 0) is 11.3 Å². The number of carbonyl (C=O) groups is 1. The maximum atomic E-state index is 13.8. The fourth-order valence-electron chi connectivity index (χ4n) is 2.00. The number of carbonyl (C=O) groups excluding carboxylic acids is 1. The van der Waals surface area contributed by atoms with Gasteiger partial charge in [-0.3, -0.25) is 9.69 Å². The molecular weight excluding hydrogens is 302 g/mol. The van der Waals surface area contributed by atoms with Crippen molar-refractivity contribution in [2.45, 2.75) is 31.6 Å². The Kier molecular flexibility index (Phi) is 5.88. The fourth-order valence-corrected chi connectivity index (χ4v) is 2.00. The minimum absolute atomic E-state index is 0.0942. The van der Waals surface area contributed by atoms with Crippen molar-refractivity contribution >= 4 is 5.91 Å². The van der Waals surface area contributed by atoms with Crippen LogP contribution in [0.4, 0.5) is 17.6 Å². The predicted octanol–water partition coefficient (Wildman–Crippen LogP) is 2.33. The van der Waals surface area contributed by atoms with Crippen LogP contribution >= 0.6 is 0 Å². The van der Waals surface area contributed by atoms with E-state index in [9.17, 15) is 22.4 Å². The summed E-state index contributed by atoms with van der Waals surface area (Å²) in [6, 6.07) is 4.39. The number of halogens is 4. The van der Waals surface area contributed by atoms with Crippen molar-refractivity contribution in [3.05, 3.63) is 35.1 Å². The third-order valence-electron chi connectivity index (χ3n) is 3.16. The van der Waals surface area contributed by atoms with Crippen LogP contribution in [0, 0.1) is 17.1 Å². The molecule has 0 aliphatic rings. The van der Waals surface area contributed by atoms with Gasteiger partial charge >= 0.3 is 6.18 Å². The molecule has 0 spiro atoms. The largest absolute Gasteiger partial charge is 0.389 e. The molecule has 0 heterocycles. The van der Waals surface area contributed by atoms with E-state index in [2.05, 4.69) is 0 Å². The van der Waals surface area contributed by atoms with Gasteiger partial charge in [0.1, 0.15) is 5.82 Å². The summed E-state index contributed by atoms with van der Waals surface area (Å²) in [6.07, 6.45) is -6.04. The third-order valence-corrected chi connectivity index (χ3v) is 3.16. The summed E-state index contributed by atoms with van der Waals surface area (Å²) in [6.45, 7) is -0.0942. The highest BCUT2D eigenvalue weighted by molar-refractivity contribution is 5.79. The van der Waals surface area contributed by atoms with Crippen molar-refractivity contribution in [3.8, 4) is 6.07 Å². The van der Waals surface area contributed by atoms with Crippen molar-refractivity contribution in [2.24, 2.45) is 5.73 Å². The molecule has 22 heavy (non-hydrogen) atoms. The fraction of sp³-hybridized carbons (Fsp3) is 0.429. The molecule has 0 aliphatic heterocycles. The summed E-state index contributed by atoms with van der Waals surface area (Å²) in [5.74, 6) is -1.56. The molecule has 8 heteroatoms. The SMILES string of the molecule is CN(Cc1ccc(C#N)cc1F)[C@H](CCC(F)(F)F)C(N)=O. The smallest absolute Gasteiger partial charge is 0.368 e. The molecule has 0 saturated heterocycles. The van der Waals surface area contributed by atoms with Crippen molar-refractivity contribution in [3.63, 3.8) is 0 Å². The Hall–Kier alpha value is -2.14. The number of rotatable bonds is 6. The lowest BCUT2D eigenvalue weighted by molar-refractivity contribution is -0.141. The summed E-state index contributed by atoms with van der Waals surface area (Å²) >= 11 is 0. The molecule has 1 atom stereocenters. The molecule has 4 nitrogen and oxygen atoms in total. The van der Waals surface area contributed by atoms with E-state index in [4.69, 9.17) is 11.0 Å². The minimum atomic E-state index is -4.39. The highest BCUT2D eigenvalue weighted by atomic mass is 19.4. The van der Waals surface area contributed by atoms with Gasteiger partial charge in [0.05, 0.1) is 17.7 Å². The number of alkyl halides is 3. The molecule has 1 aromatic carbocycles. The van der Waals surface area contributed by atoms with Crippen LogP contribution in [0.3, 0.4) is 0 Å². The van der Waals surface area contributed by atoms with Crippen molar-refractivity contribution < 1.29 is 22.4 Å². The Morgan fingerprint density at radius 2 is 2.09 bits per heavy atom. The van der Waals surface area contributed by atoms with E-state index in [1.807, 2.05) is 0 Å². The summed E-state index contributed by atoms with van der Waals surface area (Å²) in [5.41, 5.74) is 5.42. The van der Waals surface area contributed by atoms with Gasteiger partial charge in [0.15, 0.2) is 0 Å². The van der Waals surface area contributed by atoms with Crippen molar-refractivity contribution in [2.75, 3.05) is 7.05 Å². The van der Waals surface area contributed by atoms with Gasteiger partial charge in [-0.2, -0.15) is 18.4 Å². The van der Waals surface area contributed by atoms with Crippen LogP contribution in [0.5, 0.6) is 0 Å². The van der Waals surface area contributed by atoms with E-state index >= 15 is 0 Å². The molecular formula is C14H15F4N3O. The highest BCUT2D eigenvalue weighted by Gasteiger charge is 2.31. The van der Waals surface area contributed by atoms with Crippen molar-refractivity contribution in [1.82, 2.24) is 4.90 Å². The van der Waals surface area contributed by atoms with Crippen LogP contribution in [-0.4, -0.2) is 30.1 Å². The Morgan fingerprint density at radius 3 is 2.55 bits per heavy atom. The van der Waals surface area contributed by atoms with E-state index < -0.39 is 36.8 Å². The number of primary amides is 1. The number of amides is 1. The zero-order valence-electron chi connectivity index (χ0n) is 11.8. The number of nitrogens with zero attached hydrogens (tertiary/aromatic N) is 2. The topological polar surface area (TPSA) is 70.1 Å². The highest BCUT2D eigenvalue weighted by Crippen LogP contribution is 2.24. The van der Waals surface area contributed by atoms with Crippen LogP contribution in [0.25, 0.3) is 0 Å². The van der Waals surface area contributed by atoms with E-state index in [-0.39, 0.29) is 17.7 Å². The maximum Gasteiger partial charge on any atom is 0.389 e. The predicted molar refractivity (Wildman–Crippen MR) is 70.9 cm³/mol. The first-order chi connectivity index (χ1) is 10.1. The lowest BCUT2D eigenvalue weighted by Gasteiger charge is -2.26. The van der Waals surface area contributed by atoms with Gasteiger partial charge in [0.2, 0.25) is 5.91 Å². The van der Waals surface area contributed by atoms with Crippen LogP contribution in [0.2, 0.25) is 0 Å². The lowest BCUT2D eigenvalue weighted by Crippen LogP contribution is -2.43. The van der Waals surface area contributed by atoms with Gasteiger partial charge < -0.3 is 5.73 Å². The zero-order chi connectivity index (χ0) is 16.9. The zero-order valence-corrected chi connectivity index (χ0v) is 11.8. The molecule has 2 N–H and O–H groups in total. The second kappa shape index (κ2) is 7.22. The Balaban J connectivity index is 2.81. The summed E-state index contributed by atoms with van der Waals surface area (Å²) in [4.78, 5) is 12.6. The van der Waals surface area contributed by atoms with Gasteiger partial charge in [-0.05, 0) is 25.6 Å². The minimum Gasteiger partial charge on any atom is -0.368 e. The quantitative estimate of drug-likeness (QED) is 0.819. The number of likely N-dealkylation sites (N-methyl/N-ethyl adjacent to an activating group) is 1. The van der Waals surface area contributed by atoms with E-state index in [1.165, 1.54) is 24.1 Å². The Bertz CT molecular complexity index is 580. The number of nitriles is 1. The summed E-state index contributed by atoms with van der Waals surface area (Å²) in [5, 5.41) is 8.65. The average Bonchev–Trinajstić information content (AvgIpc) is 2.39. The monoisotopic (exact) mass is 317 g/mol. The number of nitrogens with two attached hydrogens (primary N) is 1. The molecule has 0 fully saturated rings. The summed E-state index contributed by atoms with van der Waals surface area (Å²) in [7, 11) is 1.39. The second-order valence-corrected chi connectivity index (χ2v) is 4.91. The van der Waals surface area contributed by atoms with Gasteiger partial charge in [0, 0.05) is 18.5 Å². The Labute approximate surface area is 125 Å². The first-order valence-corrected chi connectivity index (χ1v) is 6.39. The van der Waals surface area contributed by atoms with Crippen LogP contribution < -0.4 is 5.73 Å². The molecule has 0 bridgehead atoms. The first kappa shape index (κ1) is 17.9. The van der Waals surface area contributed by atoms with Gasteiger partial charge in [0.25, 0.3) is 0 Å². The Morgan fingerprint density at radius 1 is 1.45 bits per heavy atom. The average molecular weight is 317 g/mol. The molecule has 0 unspecified atom stereocenters. The van der Waals surface area contributed by atoms with Crippen molar-refractivity contribution in [1.29, 1.82) is 5.26 Å². The number of benzene rings is 1.